The average Bonchev–Trinajstić information content (AvgIpc) is 2.48. The smallest absolute Gasteiger partial charge is 0.226 e. The second-order valence-corrected chi connectivity index (χ2v) is 4.70. The molecule has 0 radical (unpaired) electrons. The van der Waals surface area contributed by atoms with Crippen LogP contribution in [0.15, 0.2) is 42.6 Å². The van der Waals surface area contributed by atoms with Crippen LogP contribution < -0.4 is 5.32 Å². The van der Waals surface area contributed by atoms with Gasteiger partial charge >= 0.3 is 0 Å². The predicted octanol–water partition coefficient (Wildman–Crippen LogP) is 1.74. The van der Waals surface area contributed by atoms with E-state index >= 15 is 0 Å². The number of carbonyl (C=O) groups excluding carboxylic acids is 1. The Bertz CT molecular complexity index is 597. The molecule has 0 aliphatic heterocycles. The molecule has 1 heterocycles. The molecule has 2 aromatic rings. The summed E-state index contributed by atoms with van der Waals surface area (Å²) in [6.07, 6.45) is 1.98. The zero-order valence-electron chi connectivity index (χ0n) is 11.5. The maximum atomic E-state index is 11.9. The van der Waals surface area contributed by atoms with Crippen molar-refractivity contribution >= 4 is 5.91 Å². The number of nitrogens with one attached hydrogen (secondary N) is 1. The average molecular weight is 270 g/mol. The van der Waals surface area contributed by atoms with Crippen LogP contribution in [0.25, 0.3) is 0 Å². The van der Waals surface area contributed by atoms with Gasteiger partial charge in [-0.3, -0.25) is 9.78 Å². The molecule has 1 aromatic heterocycles. The van der Waals surface area contributed by atoms with E-state index in [1.807, 2.05) is 43.3 Å². The van der Waals surface area contributed by atoms with Gasteiger partial charge in [-0.25, -0.2) is 0 Å². The van der Waals surface area contributed by atoms with Crippen molar-refractivity contribution in [3.63, 3.8) is 0 Å². The Morgan fingerprint density at radius 2 is 2.05 bits per heavy atom. The number of aromatic nitrogens is 1. The largest absolute Gasteiger partial charge is 0.392 e. The Morgan fingerprint density at radius 1 is 1.25 bits per heavy atom. The van der Waals surface area contributed by atoms with Crippen molar-refractivity contribution < 1.29 is 9.90 Å². The van der Waals surface area contributed by atoms with Crippen LogP contribution in [-0.2, 0) is 24.4 Å². The topological polar surface area (TPSA) is 62.2 Å². The number of aliphatic hydroxyl groups is 1. The van der Waals surface area contributed by atoms with Crippen molar-refractivity contribution in [2.45, 2.75) is 26.5 Å². The van der Waals surface area contributed by atoms with Gasteiger partial charge in [0.25, 0.3) is 0 Å². The van der Waals surface area contributed by atoms with E-state index in [2.05, 4.69) is 10.3 Å². The van der Waals surface area contributed by atoms with Crippen LogP contribution in [0.1, 0.15) is 22.4 Å². The summed E-state index contributed by atoms with van der Waals surface area (Å²) in [5.74, 6) is -0.0544. The minimum Gasteiger partial charge on any atom is -0.392 e. The molecular weight excluding hydrogens is 252 g/mol. The van der Waals surface area contributed by atoms with Gasteiger partial charge in [0.1, 0.15) is 0 Å². The molecule has 1 amide bonds. The molecule has 2 rings (SSSR count). The van der Waals surface area contributed by atoms with Gasteiger partial charge in [0.05, 0.1) is 18.7 Å². The number of aliphatic hydroxyl groups excluding tert-OH is 1. The number of pyridine rings is 1. The highest BCUT2D eigenvalue weighted by Gasteiger charge is 2.06. The summed E-state index contributed by atoms with van der Waals surface area (Å²) in [6, 6.07) is 11.3. The Morgan fingerprint density at radius 3 is 2.80 bits per heavy atom. The van der Waals surface area contributed by atoms with Crippen molar-refractivity contribution in [1.29, 1.82) is 0 Å². The summed E-state index contributed by atoms with van der Waals surface area (Å²) >= 11 is 0. The van der Waals surface area contributed by atoms with E-state index in [9.17, 15) is 4.79 Å². The van der Waals surface area contributed by atoms with Crippen LogP contribution >= 0.6 is 0 Å². The minimum absolute atomic E-state index is 0.00885. The maximum Gasteiger partial charge on any atom is 0.226 e. The second-order valence-electron chi connectivity index (χ2n) is 4.70. The fraction of sp³-hybridized carbons (Fsp3) is 0.250. The van der Waals surface area contributed by atoms with Crippen LogP contribution in [0.2, 0.25) is 0 Å². The van der Waals surface area contributed by atoms with E-state index in [0.29, 0.717) is 6.54 Å². The molecule has 0 bridgehead atoms. The molecule has 0 spiro atoms. The molecule has 0 aliphatic rings. The van der Waals surface area contributed by atoms with Gasteiger partial charge in [0.15, 0.2) is 0 Å². The number of benzene rings is 1. The van der Waals surface area contributed by atoms with Crippen LogP contribution in [0, 0.1) is 6.92 Å². The van der Waals surface area contributed by atoms with Gasteiger partial charge in [0, 0.05) is 12.7 Å². The van der Waals surface area contributed by atoms with Crippen molar-refractivity contribution in [3.05, 3.63) is 65.0 Å². The minimum atomic E-state index is -0.0544. The Hall–Kier alpha value is -2.20. The maximum absolute atomic E-state index is 11.9. The third-order valence-electron chi connectivity index (χ3n) is 3.11. The van der Waals surface area contributed by atoms with Gasteiger partial charge in [-0.1, -0.05) is 30.3 Å². The van der Waals surface area contributed by atoms with E-state index in [0.717, 1.165) is 22.4 Å². The summed E-state index contributed by atoms with van der Waals surface area (Å²) in [5.41, 5.74) is 3.64. The van der Waals surface area contributed by atoms with E-state index in [1.165, 1.54) is 0 Å². The molecule has 0 fully saturated rings. The van der Waals surface area contributed by atoms with Gasteiger partial charge in [-0.05, 0) is 29.7 Å². The molecule has 104 valence electrons. The standard InChI is InChI=1S/C16H18N2O2/c1-12-4-3-7-17-15(12)9-16(20)18-10-13-5-2-6-14(8-13)11-19/h2-8,19H,9-11H2,1H3,(H,18,20). The molecule has 4 nitrogen and oxygen atoms in total. The number of nitrogens with zero attached hydrogens (tertiary/aromatic N) is 1. The van der Waals surface area contributed by atoms with Crippen molar-refractivity contribution in [2.24, 2.45) is 0 Å². The second kappa shape index (κ2) is 6.82. The first-order valence-corrected chi connectivity index (χ1v) is 6.55. The Balaban J connectivity index is 1.90. The predicted molar refractivity (Wildman–Crippen MR) is 76.9 cm³/mol. The molecule has 2 N–H and O–H groups in total. The lowest BCUT2D eigenvalue weighted by Crippen LogP contribution is -2.25. The lowest BCUT2D eigenvalue weighted by molar-refractivity contribution is -0.120. The van der Waals surface area contributed by atoms with E-state index in [4.69, 9.17) is 5.11 Å². The van der Waals surface area contributed by atoms with Crippen LogP contribution in [0.5, 0.6) is 0 Å². The normalized spacial score (nSPS) is 10.3. The third kappa shape index (κ3) is 3.90. The quantitative estimate of drug-likeness (QED) is 0.870. The molecule has 20 heavy (non-hydrogen) atoms. The van der Waals surface area contributed by atoms with Crippen molar-refractivity contribution in [1.82, 2.24) is 10.3 Å². The molecule has 0 aliphatic carbocycles. The summed E-state index contributed by atoms with van der Waals surface area (Å²) in [6.45, 7) is 2.41. The zero-order chi connectivity index (χ0) is 14.4. The monoisotopic (exact) mass is 270 g/mol. The fourth-order valence-corrected chi connectivity index (χ4v) is 1.96. The number of hydrogen-bond donors (Lipinski definition) is 2. The molecule has 0 saturated heterocycles. The molecule has 1 aromatic carbocycles. The third-order valence-corrected chi connectivity index (χ3v) is 3.11. The summed E-state index contributed by atoms with van der Waals surface area (Å²) < 4.78 is 0. The van der Waals surface area contributed by atoms with Crippen molar-refractivity contribution in [3.8, 4) is 0 Å². The Kier molecular flexibility index (Phi) is 4.85. The van der Waals surface area contributed by atoms with Gasteiger partial charge in [-0.2, -0.15) is 0 Å². The van der Waals surface area contributed by atoms with E-state index in [-0.39, 0.29) is 18.9 Å². The first kappa shape index (κ1) is 14.2. The molecule has 0 unspecified atom stereocenters. The zero-order valence-corrected chi connectivity index (χ0v) is 11.5. The highest BCUT2D eigenvalue weighted by atomic mass is 16.3. The first-order valence-electron chi connectivity index (χ1n) is 6.55. The Labute approximate surface area is 118 Å². The number of rotatable bonds is 5. The molecule has 4 heteroatoms. The number of amides is 1. The van der Waals surface area contributed by atoms with Gasteiger partial charge < -0.3 is 10.4 Å². The lowest BCUT2D eigenvalue weighted by Gasteiger charge is -2.07. The highest BCUT2D eigenvalue weighted by molar-refractivity contribution is 5.78. The van der Waals surface area contributed by atoms with E-state index in [1.54, 1.807) is 6.20 Å². The lowest BCUT2D eigenvalue weighted by atomic mass is 10.1. The van der Waals surface area contributed by atoms with Crippen LogP contribution in [0.3, 0.4) is 0 Å². The molecule has 0 saturated carbocycles. The first-order chi connectivity index (χ1) is 9.69. The van der Waals surface area contributed by atoms with Crippen LogP contribution in [0.4, 0.5) is 0 Å². The van der Waals surface area contributed by atoms with Gasteiger partial charge in [0.2, 0.25) is 5.91 Å². The molecular formula is C16H18N2O2. The molecule has 0 atom stereocenters. The summed E-state index contributed by atoms with van der Waals surface area (Å²) in [7, 11) is 0. The highest BCUT2D eigenvalue weighted by Crippen LogP contribution is 2.06. The number of aryl methyl sites for hydroxylation is 1. The van der Waals surface area contributed by atoms with Gasteiger partial charge in [-0.15, -0.1) is 0 Å². The van der Waals surface area contributed by atoms with E-state index < -0.39 is 0 Å². The SMILES string of the molecule is Cc1cccnc1CC(=O)NCc1cccc(CO)c1. The number of hydrogen-bond acceptors (Lipinski definition) is 3. The number of carbonyl (C=O) groups is 1. The van der Waals surface area contributed by atoms with Crippen molar-refractivity contribution in [2.75, 3.05) is 0 Å². The summed E-state index contributed by atoms with van der Waals surface area (Å²) in [5, 5.41) is 11.9. The fourth-order valence-electron chi connectivity index (χ4n) is 1.96. The summed E-state index contributed by atoms with van der Waals surface area (Å²) in [4.78, 5) is 16.1. The van der Waals surface area contributed by atoms with Crippen LogP contribution in [-0.4, -0.2) is 16.0 Å².